The predicted octanol–water partition coefficient (Wildman–Crippen LogP) is 1.28. The van der Waals surface area contributed by atoms with Crippen molar-refractivity contribution in [3.63, 3.8) is 0 Å². The van der Waals surface area contributed by atoms with Crippen LogP contribution in [0, 0.1) is 0 Å². The number of rotatable bonds is 5. The first-order chi connectivity index (χ1) is 8.63. The molecule has 1 aromatic carbocycles. The lowest BCUT2D eigenvalue weighted by Crippen LogP contribution is -2.38. The number of halogens is 1. The lowest BCUT2D eigenvalue weighted by Gasteiger charge is -2.06. The van der Waals surface area contributed by atoms with Gasteiger partial charge in [0, 0.05) is 11.1 Å². The van der Waals surface area contributed by atoms with Gasteiger partial charge in [0.05, 0.1) is 13.0 Å². The first kappa shape index (κ1) is 12.9. The molecule has 96 valence electrons. The van der Waals surface area contributed by atoms with E-state index in [0.717, 1.165) is 18.4 Å². The number of carbonyl (C=O) groups excluding carboxylic acids is 2. The van der Waals surface area contributed by atoms with Crippen LogP contribution in [-0.4, -0.2) is 24.4 Å². The molecule has 2 N–H and O–H groups in total. The van der Waals surface area contributed by atoms with Gasteiger partial charge in [-0.05, 0) is 30.5 Å². The van der Waals surface area contributed by atoms with E-state index in [4.69, 9.17) is 11.6 Å². The largest absolute Gasteiger partial charge is 0.352 e. The summed E-state index contributed by atoms with van der Waals surface area (Å²) >= 11 is 5.75. The molecule has 0 spiro atoms. The van der Waals surface area contributed by atoms with Crippen molar-refractivity contribution in [2.45, 2.75) is 25.3 Å². The Bertz CT molecular complexity index is 441. The lowest BCUT2D eigenvalue weighted by atomic mass is 10.1. The van der Waals surface area contributed by atoms with Crippen LogP contribution in [0.4, 0.5) is 0 Å². The summed E-state index contributed by atoms with van der Waals surface area (Å²) in [4.78, 5) is 22.9. The van der Waals surface area contributed by atoms with Crippen molar-refractivity contribution in [3.05, 3.63) is 34.9 Å². The first-order valence-corrected chi connectivity index (χ1v) is 6.32. The summed E-state index contributed by atoms with van der Waals surface area (Å²) in [5, 5.41) is 6.05. The van der Waals surface area contributed by atoms with E-state index in [2.05, 4.69) is 10.6 Å². The van der Waals surface area contributed by atoms with Gasteiger partial charge in [-0.25, -0.2) is 0 Å². The molecule has 0 bridgehead atoms. The summed E-state index contributed by atoms with van der Waals surface area (Å²) in [6.45, 7) is 0.0446. The zero-order chi connectivity index (χ0) is 13.0. The van der Waals surface area contributed by atoms with Crippen LogP contribution in [0.25, 0.3) is 0 Å². The second kappa shape index (κ2) is 5.87. The van der Waals surface area contributed by atoms with Gasteiger partial charge in [0.25, 0.3) is 0 Å². The molecular formula is C13H15ClN2O2. The van der Waals surface area contributed by atoms with E-state index in [-0.39, 0.29) is 24.8 Å². The van der Waals surface area contributed by atoms with Crippen LogP contribution < -0.4 is 10.6 Å². The van der Waals surface area contributed by atoms with Crippen molar-refractivity contribution in [2.24, 2.45) is 0 Å². The van der Waals surface area contributed by atoms with E-state index in [1.54, 1.807) is 24.3 Å². The van der Waals surface area contributed by atoms with E-state index >= 15 is 0 Å². The van der Waals surface area contributed by atoms with Crippen LogP contribution >= 0.6 is 11.6 Å². The van der Waals surface area contributed by atoms with Gasteiger partial charge in [0.15, 0.2) is 0 Å². The molecule has 1 fully saturated rings. The number of hydrogen-bond acceptors (Lipinski definition) is 2. The highest BCUT2D eigenvalue weighted by molar-refractivity contribution is 6.30. The summed E-state index contributed by atoms with van der Waals surface area (Å²) < 4.78 is 0. The molecule has 0 unspecified atom stereocenters. The Kier molecular flexibility index (Phi) is 4.20. The maximum Gasteiger partial charge on any atom is 0.239 e. The minimum Gasteiger partial charge on any atom is -0.352 e. The van der Waals surface area contributed by atoms with E-state index < -0.39 is 0 Å². The molecule has 0 saturated heterocycles. The van der Waals surface area contributed by atoms with Crippen molar-refractivity contribution in [1.82, 2.24) is 10.6 Å². The average molecular weight is 267 g/mol. The highest BCUT2D eigenvalue weighted by Crippen LogP contribution is 2.18. The van der Waals surface area contributed by atoms with Gasteiger partial charge in [-0.1, -0.05) is 23.7 Å². The van der Waals surface area contributed by atoms with Gasteiger partial charge < -0.3 is 10.6 Å². The van der Waals surface area contributed by atoms with Crippen molar-refractivity contribution < 1.29 is 9.59 Å². The van der Waals surface area contributed by atoms with E-state index in [9.17, 15) is 9.59 Å². The zero-order valence-electron chi connectivity index (χ0n) is 9.91. The minimum atomic E-state index is -0.164. The Morgan fingerprint density at radius 3 is 2.44 bits per heavy atom. The molecule has 1 saturated carbocycles. The van der Waals surface area contributed by atoms with Crippen molar-refractivity contribution >= 4 is 23.4 Å². The molecule has 1 aliphatic carbocycles. The molecule has 2 rings (SSSR count). The Labute approximate surface area is 111 Å². The van der Waals surface area contributed by atoms with Crippen molar-refractivity contribution in [2.75, 3.05) is 6.54 Å². The summed E-state index contributed by atoms with van der Waals surface area (Å²) in [7, 11) is 0. The van der Waals surface area contributed by atoms with Crippen LogP contribution in [0.15, 0.2) is 24.3 Å². The molecular weight excluding hydrogens is 252 g/mol. The van der Waals surface area contributed by atoms with Gasteiger partial charge in [0.2, 0.25) is 11.8 Å². The maximum atomic E-state index is 11.6. The third-order valence-corrected chi connectivity index (χ3v) is 2.92. The van der Waals surface area contributed by atoms with E-state index in [1.165, 1.54) is 0 Å². The van der Waals surface area contributed by atoms with E-state index in [1.807, 2.05) is 0 Å². The first-order valence-electron chi connectivity index (χ1n) is 5.94. The fourth-order valence-electron chi connectivity index (χ4n) is 1.54. The van der Waals surface area contributed by atoms with Crippen molar-refractivity contribution in [3.8, 4) is 0 Å². The predicted molar refractivity (Wildman–Crippen MR) is 69.3 cm³/mol. The number of carbonyl (C=O) groups is 2. The summed E-state index contributed by atoms with van der Waals surface area (Å²) in [5.41, 5.74) is 0.875. The maximum absolute atomic E-state index is 11.6. The zero-order valence-corrected chi connectivity index (χ0v) is 10.7. The molecule has 1 aliphatic rings. The van der Waals surface area contributed by atoms with Gasteiger partial charge in [-0.15, -0.1) is 0 Å². The smallest absolute Gasteiger partial charge is 0.239 e. The van der Waals surface area contributed by atoms with Crippen molar-refractivity contribution in [1.29, 1.82) is 0 Å². The monoisotopic (exact) mass is 266 g/mol. The second-order valence-electron chi connectivity index (χ2n) is 4.42. The van der Waals surface area contributed by atoms with Crippen LogP contribution in [0.2, 0.25) is 5.02 Å². The fraction of sp³-hybridized carbons (Fsp3) is 0.385. The Hall–Kier alpha value is -1.55. The third kappa shape index (κ3) is 4.37. The molecule has 0 radical (unpaired) electrons. The van der Waals surface area contributed by atoms with Gasteiger partial charge in [-0.3, -0.25) is 9.59 Å². The van der Waals surface area contributed by atoms with Gasteiger partial charge in [-0.2, -0.15) is 0 Å². The SMILES string of the molecule is O=C(Cc1ccc(Cl)cc1)NCC(=O)NC1CC1. The molecule has 2 amide bonds. The fourth-order valence-corrected chi connectivity index (χ4v) is 1.66. The highest BCUT2D eigenvalue weighted by Gasteiger charge is 2.23. The lowest BCUT2D eigenvalue weighted by molar-refractivity contribution is -0.125. The Balaban J connectivity index is 1.70. The highest BCUT2D eigenvalue weighted by atomic mass is 35.5. The number of amides is 2. The molecule has 0 heterocycles. The number of hydrogen-bond donors (Lipinski definition) is 2. The quantitative estimate of drug-likeness (QED) is 0.843. The molecule has 0 aromatic heterocycles. The Morgan fingerprint density at radius 2 is 1.83 bits per heavy atom. The molecule has 4 nitrogen and oxygen atoms in total. The second-order valence-corrected chi connectivity index (χ2v) is 4.86. The summed E-state index contributed by atoms with van der Waals surface area (Å²) in [6.07, 6.45) is 2.35. The molecule has 1 aromatic rings. The summed E-state index contributed by atoms with van der Waals surface area (Å²) in [6, 6.07) is 7.40. The minimum absolute atomic E-state index is 0.0446. The normalized spacial score (nSPS) is 14.1. The third-order valence-electron chi connectivity index (χ3n) is 2.67. The number of benzene rings is 1. The molecule has 0 atom stereocenters. The van der Waals surface area contributed by atoms with Crippen LogP contribution in [-0.2, 0) is 16.0 Å². The van der Waals surface area contributed by atoms with E-state index in [0.29, 0.717) is 11.1 Å². The Morgan fingerprint density at radius 1 is 1.17 bits per heavy atom. The molecule has 18 heavy (non-hydrogen) atoms. The standard InChI is InChI=1S/C13H15ClN2O2/c14-10-3-1-9(2-4-10)7-12(17)15-8-13(18)16-11-5-6-11/h1-4,11H,5-8H2,(H,15,17)(H,16,18). The van der Waals surface area contributed by atoms with Gasteiger partial charge in [0.1, 0.15) is 0 Å². The van der Waals surface area contributed by atoms with Crippen LogP contribution in [0.1, 0.15) is 18.4 Å². The molecule has 5 heteroatoms. The number of nitrogens with one attached hydrogen (secondary N) is 2. The summed E-state index contributed by atoms with van der Waals surface area (Å²) in [5.74, 6) is -0.287. The van der Waals surface area contributed by atoms with Crippen LogP contribution in [0.5, 0.6) is 0 Å². The topological polar surface area (TPSA) is 58.2 Å². The van der Waals surface area contributed by atoms with Crippen LogP contribution in [0.3, 0.4) is 0 Å². The average Bonchev–Trinajstić information content (AvgIpc) is 3.13. The molecule has 0 aliphatic heterocycles. The van der Waals surface area contributed by atoms with Gasteiger partial charge >= 0.3 is 0 Å².